The number of rotatable bonds is 8. The summed E-state index contributed by atoms with van der Waals surface area (Å²) >= 11 is 0. The zero-order valence-electron chi connectivity index (χ0n) is 16.3. The SMILES string of the molecule is Cc1ccc(OCCNC(=O)[C@H](C)Oc2ccccc2C(C)C)c(C)c1. The number of benzene rings is 2. The number of hydrogen-bond acceptors (Lipinski definition) is 3. The van der Waals surface area contributed by atoms with Crippen LogP contribution in [0.4, 0.5) is 0 Å². The van der Waals surface area contributed by atoms with Gasteiger partial charge < -0.3 is 14.8 Å². The summed E-state index contributed by atoms with van der Waals surface area (Å²) in [4.78, 5) is 12.3. The van der Waals surface area contributed by atoms with Crippen molar-refractivity contribution in [1.82, 2.24) is 5.32 Å². The summed E-state index contributed by atoms with van der Waals surface area (Å²) in [6.07, 6.45) is -0.559. The fourth-order valence-electron chi connectivity index (χ4n) is 2.75. The van der Waals surface area contributed by atoms with Gasteiger partial charge in [-0.3, -0.25) is 4.79 Å². The van der Waals surface area contributed by atoms with E-state index < -0.39 is 6.10 Å². The van der Waals surface area contributed by atoms with Crippen LogP contribution in [0.3, 0.4) is 0 Å². The van der Waals surface area contributed by atoms with E-state index in [0.717, 1.165) is 22.6 Å². The second-order valence-electron chi connectivity index (χ2n) is 6.86. The highest BCUT2D eigenvalue weighted by atomic mass is 16.5. The van der Waals surface area contributed by atoms with Crippen LogP contribution in [0.2, 0.25) is 0 Å². The Labute approximate surface area is 156 Å². The molecule has 26 heavy (non-hydrogen) atoms. The number of carbonyl (C=O) groups is 1. The van der Waals surface area contributed by atoms with Crippen LogP contribution < -0.4 is 14.8 Å². The molecule has 0 fully saturated rings. The highest BCUT2D eigenvalue weighted by molar-refractivity contribution is 5.80. The molecule has 2 rings (SSSR count). The lowest BCUT2D eigenvalue weighted by molar-refractivity contribution is -0.127. The van der Waals surface area contributed by atoms with Crippen LogP contribution in [0.1, 0.15) is 43.4 Å². The summed E-state index contributed by atoms with van der Waals surface area (Å²) in [5.74, 6) is 1.80. The first kappa shape index (κ1) is 19.8. The first-order valence-electron chi connectivity index (χ1n) is 9.12. The number of nitrogens with one attached hydrogen (secondary N) is 1. The van der Waals surface area contributed by atoms with E-state index in [0.29, 0.717) is 19.1 Å². The van der Waals surface area contributed by atoms with Gasteiger partial charge in [-0.2, -0.15) is 0 Å². The molecule has 0 saturated carbocycles. The Morgan fingerprint density at radius 1 is 1.04 bits per heavy atom. The molecular weight excluding hydrogens is 326 g/mol. The van der Waals surface area contributed by atoms with Crippen LogP contribution in [0.15, 0.2) is 42.5 Å². The van der Waals surface area contributed by atoms with Gasteiger partial charge in [0.25, 0.3) is 5.91 Å². The molecule has 0 saturated heterocycles. The largest absolute Gasteiger partial charge is 0.491 e. The van der Waals surface area contributed by atoms with Gasteiger partial charge in [0, 0.05) is 0 Å². The molecule has 4 heteroatoms. The number of carbonyl (C=O) groups excluding carboxylic acids is 1. The minimum atomic E-state index is -0.559. The number of hydrogen-bond donors (Lipinski definition) is 1. The van der Waals surface area contributed by atoms with Crippen molar-refractivity contribution in [1.29, 1.82) is 0 Å². The van der Waals surface area contributed by atoms with Crippen molar-refractivity contribution in [3.05, 3.63) is 59.2 Å². The maximum atomic E-state index is 12.3. The minimum absolute atomic E-state index is 0.146. The quantitative estimate of drug-likeness (QED) is 0.715. The number of amides is 1. The van der Waals surface area contributed by atoms with Crippen LogP contribution in [0, 0.1) is 13.8 Å². The van der Waals surface area contributed by atoms with E-state index in [4.69, 9.17) is 9.47 Å². The van der Waals surface area contributed by atoms with Crippen molar-refractivity contribution in [2.24, 2.45) is 0 Å². The average Bonchev–Trinajstić information content (AvgIpc) is 2.60. The third-order valence-electron chi connectivity index (χ3n) is 4.20. The number of aryl methyl sites for hydroxylation is 2. The monoisotopic (exact) mass is 355 g/mol. The van der Waals surface area contributed by atoms with Gasteiger partial charge in [0.15, 0.2) is 6.10 Å². The molecule has 0 aromatic heterocycles. The molecule has 1 atom stereocenters. The summed E-state index contributed by atoms with van der Waals surface area (Å²) in [6.45, 7) is 10.9. The van der Waals surface area contributed by atoms with Gasteiger partial charge >= 0.3 is 0 Å². The average molecular weight is 355 g/mol. The van der Waals surface area contributed by atoms with Gasteiger partial charge in [0.2, 0.25) is 0 Å². The molecule has 1 N–H and O–H groups in total. The summed E-state index contributed by atoms with van der Waals surface area (Å²) in [5.41, 5.74) is 3.40. The normalized spacial score (nSPS) is 11.9. The van der Waals surface area contributed by atoms with Crippen molar-refractivity contribution in [3.8, 4) is 11.5 Å². The predicted octanol–water partition coefficient (Wildman–Crippen LogP) is 4.39. The molecule has 140 valence electrons. The molecule has 1 amide bonds. The summed E-state index contributed by atoms with van der Waals surface area (Å²) in [7, 11) is 0. The van der Waals surface area contributed by atoms with Crippen LogP contribution in [0.25, 0.3) is 0 Å². The van der Waals surface area contributed by atoms with E-state index >= 15 is 0 Å². The third-order valence-corrected chi connectivity index (χ3v) is 4.20. The van der Waals surface area contributed by atoms with Gasteiger partial charge in [0.05, 0.1) is 6.54 Å². The van der Waals surface area contributed by atoms with Gasteiger partial charge in [-0.15, -0.1) is 0 Å². The summed E-state index contributed by atoms with van der Waals surface area (Å²) in [5, 5.41) is 2.86. The molecule has 0 aliphatic rings. The van der Waals surface area contributed by atoms with Crippen LogP contribution >= 0.6 is 0 Å². The first-order valence-corrected chi connectivity index (χ1v) is 9.12. The molecule has 0 radical (unpaired) electrons. The first-order chi connectivity index (χ1) is 12.4. The Morgan fingerprint density at radius 3 is 2.46 bits per heavy atom. The zero-order valence-corrected chi connectivity index (χ0v) is 16.3. The van der Waals surface area contributed by atoms with Gasteiger partial charge in [-0.1, -0.05) is 49.7 Å². The molecular formula is C22H29NO3. The Hall–Kier alpha value is -2.49. The smallest absolute Gasteiger partial charge is 0.260 e. The van der Waals surface area contributed by atoms with E-state index in [-0.39, 0.29) is 5.91 Å². The van der Waals surface area contributed by atoms with E-state index in [1.807, 2.05) is 43.3 Å². The molecule has 4 nitrogen and oxygen atoms in total. The number of para-hydroxylation sites is 1. The van der Waals surface area contributed by atoms with E-state index in [9.17, 15) is 4.79 Å². The minimum Gasteiger partial charge on any atom is -0.491 e. The molecule has 0 unspecified atom stereocenters. The summed E-state index contributed by atoms with van der Waals surface area (Å²) < 4.78 is 11.6. The third kappa shape index (κ3) is 5.51. The van der Waals surface area contributed by atoms with Crippen LogP contribution in [-0.4, -0.2) is 25.2 Å². The Kier molecular flexibility index (Phi) is 7.07. The molecule has 2 aromatic carbocycles. The van der Waals surface area contributed by atoms with Crippen LogP contribution in [-0.2, 0) is 4.79 Å². The lowest BCUT2D eigenvalue weighted by Crippen LogP contribution is -2.38. The second kappa shape index (κ2) is 9.27. The lowest BCUT2D eigenvalue weighted by atomic mass is 10.0. The second-order valence-corrected chi connectivity index (χ2v) is 6.86. The number of ether oxygens (including phenoxy) is 2. The van der Waals surface area contributed by atoms with E-state index in [1.165, 1.54) is 5.56 Å². The highest BCUT2D eigenvalue weighted by Gasteiger charge is 2.16. The fraction of sp³-hybridized carbons (Fsp3) is 0.409. The molecule has 0 aliphatic carbocycles. The topological polar surface area (TPSA) is 47.6 Å². The lowest BCUT2D eigenvalue weighted by Gasteiger charge is -2.19. The van der Waals surface area contributed by atoms with E-state index in [2.05, 4.69) is 32.2 Å². The molecule has 2 aromatic rings. The van der Waals surface area contributed by atoms with Crippen molar-refractivity contribution < 1.29 is 14.3 Å². The zero-order chi connectivity index (χ0) is 19.1. The Balaban J connectivity index is 1.80. The molecule has 0 heterocycles. The molecule has 0 spiro atoms. The molecule has 0 bridgehead atoms. The highest BCUT2D eigenvalue weighted by Crippen LogP contribution is 2.26. The maximum Gasteiger partial charge on any atom is 0.260 e. The van der Waals surface area contributed by atoms with Crippen molar-refractivity contribution in [2.75, 3.05) is 13.2 Å². The fourth-order valence-corrected chi connectivity index (χ4v) is 2.75. The Bertz CT molecular complexity index is 740. The summed E-state index contributed by atoms with van der Waals surface area (Å²) in [6, 6.07) is 13.9. The van der Waals surface area contributed by atoms with Crippen molar-refractivity contribution >= 4 is 5.91 Å². The van der Waals surface area contributed by atoms with Gasteiger partial charge in [-0.05, 0) is 49.9 Å². The standard InChI is InChI=1S/C22H29NO3/c1-15(2)19-8-6-7-9-21(19)26-18(5)22(24)23-12-13-25-20-11-10-16(3)14-17(20)4/h6-11,14-15,18H,12-13H2,1-5H3,(H,23,24)/t18-/m0/s1. The Morgan fingerprint density at radius 2 is 1.77 bits per heavy atom. The predicted molar refractivity (Wildman–Crippen MR) is 105 cm³/mol. The van der Waals surface area contributed by atoms with Gasteiger partial charge in [0.1, 0.15) is 18.1 Å². The van der Waals surface area contributed by atoms with Gasteiger partial charge in [-0.25, -0.2) is 0 Å². The van der Waals surface area contributed by atoms with E-state index in [1.54, 1.807) is 6.92 Å². The molecule has 0 aliphatic heterocycles. The van der Waals surface area contributed by atoms with Crippen molar-refractivity contribution in [2.45, 2.75) is 46.6 Å². The van der Waals surface area contributed by atoms with Crippen LogP contribution in [0.5, 0.6) is 11.5 Å². The van der Waals surface area contributed by atoms with Crippen molar-refractivity contribution in [3.63, 3.8) is 0 Å². The maximum absolute atomic E-state index is 12.3.